The number of nitrogens with one attached hydrogen (secondary N) is 1. The summed E-state index contributed by atoms with van der Waals surface area (Å²) in [4.78, 5) is 23.8. The van der Waals surface area contributed by atoms with E-state index >= 15 is 0 Å². The number of Topliss-reactive ketones (excluding diaryl/α,β-unsaturated/α-hetero) is 1. The first-order chi connectivity index (χ1) is 11.4. The molecule has 5 heteroatoms. The van der Waals surface area contributed by atoms with Crippen molar-refractivity contribution in [2.45, 2.75) is 20.8 Å². The normalized spacial score (nSPS) is 10.2. The highest BCUT2D eigenvalue weighted by Crippen LogP contribution is 2.25. The molecule has 0 aliphatic rings. The van der Waals surface area contributed by atoms with E-state index in [-0.39, 0.29) is 18.3 Å². The van der Waals surface area contributed by atoms with Crippen LogP contribution in [0.3, 0.4) is 0 Å². The molecule has 0 unspecified atom stereocenters. The number of aryl methyl sites for hydroxylation is 1. The average Bonchev–Trinajstić information content (AvgIpc) is 2.56. The molecule has 0 aliphatic heterocycles. The quantitative estimate of drug-likeness (QED) is 0.824. The van der Waals surface area contributed by atoms with Crippen molar-refractivity contribution < 1.29 is 19.1 Å². The van der Waals surface area contributed by atoms with Crippen LogP contribution in [0.4, 0.5) is 5.69 Å². The van der Waals surface area contributed by atoms with Gasteiger partial charge in [0.25, 0.3) is 5.91 Å². The third-order valence-corrected chi connectivity index (χ3v) is 3.81. The second-order valence-corrected chi connectivity index (χ2v) is 5.50. The summed E-state index contributed by atoms with van der Waals surface area (Å²) in [5.74, 6) is 0.464. The predicted molar refractivity (Wildman–Crippen MR) is 93.0 cm³/mol. The summed E-state index contributed by atoms with van der Waals surface area (Å²) < 4.78 is 10.7. The van der Waals surface area contributed by atoms with Crippen molar-refractivity contribution in [1.82, 2.24) is 0 Å². The molecular formula is C19H21NO4. The number of ketones is 1. The first-order valence-corrected chi connectivity index (χ1v) is 7.60. The van der Waals surface area contributed by atoms with E-state index in [1.807, 2.05) is 32.0 Å². The van der Waals surface area contributed by atoms with Crippen LogP contribution in [0.15, 0.2) is 36.4 Å². The van der Waals surface area contributed by atoms with E-state index in [1.54, 1.807) is 18.2 Å². The van der Waals surface area contributed by atoms with Crippen LogP contribution in [0.5, 0.6) is 11.5 Å². The molecule has 2 rings (SSSR count). The van der Waals surface area contributed by atoms with E-state index < -0.39 is 0 Å². The fourth-order valence-electron chi connectivity index (χ4n) is 2.26. The highest BCUT2D eigenvalue weighted by molar-refractivity contribution is 5.97. The van der Waals surface area contributed by atoms with Gasteiger partial charge >= 0.3 is 0 Å². The van der Waals surface area contributed by atoms with Crippen LogP contribution in [-0.4, -0.2) is 25.4 Å². The molecule has 0 aromatic heterocycles. The van der Waals surface area contributed by atoms with Crippen LogP contribution in [0, 0.1) is 13.8 Å². The van der Waals surface area contributed by atoms with Gasteiger partial charge in [0.2, 0.25) is 0 Å². The van der Waals surface area contributed by atoms with Crippen molar-refractivity contribution in [2.24, 2.45) is 0 Å². The molecule has 0 atom stereocenters. The zero-order chi connectivity index (χ0) is 17.7. The molecule has 24 heavy (non-hydrogen) atoms. The molecule has 2 aromatic rings. The second kappa shape index (κ2) is 7.64. The summed E-state index contributed by atoms with van der Waals surface area (Å²) in [7, 11) is 1.53. The Labute approximate surface area is 141 Å². The summed E-state index contributed by atoms with van der Waals surface area (Å²) >= 11 is 0. The Balaban J connectivity index is 2.08. The Morgan fingerprint density at radius 2 is 1.88 bits per heavy atom. The third-order valence-electron chi connectivity index (χ3n) is 3.81. The molecular weight excluding hydrogens is 306 g/mol. The van der Waals surface area contributed by atoms with Gasteiger partial charge in [0.1, 0.15) is 11.5 Å². The minimum absolute atomic E-state index is 0.136. The smallest absolute Gasteiger partial charge is 0.262 e. The van der Waals surface area contributed by atoms with Crippen LogP contribution in [0.25, 0.3) is 0 Å². The van der Waals surface area contributed by atoms with Gasteiger partial charge in [0.05, 0.1) is 12.7 Å². The SMILES string of the molecule is COc1ccc(C(C)=O)c(OCC(=O)Nc2cccc(C)c2C)c1. The molecule has 2 aromatic carbocycles. The molecule has 5 nitrogen and oxygen atoms in total. The minimum Gasteiger partial charge on any atom is -0.497 e. The van der Waals surface area contributed by atoms with Gasteiger partial charge in [-0.25, -0.2) is 0 Å². The lowest BCUT2D eigenvalue weighted by atomic mass is 10.1. The van der Waals surface area contributed by atoms with E-state index in [0.29, 0.717) is 17.1 Å². The first kappa shape index (κ1) is 17.5. The van der Waals surface area contributed by atoms with Gasteiger partial charge in [-0.3, -0.25) is 9.59 Å². The number of carbonyl (C=O) groups is 2. The molecule has 0 spiro atoms. The topological polar surface area (TPSA) is 64.6 Å². The van der Waals surface area contributed by atoms with E-state index in [1.165, 1.54) is 14.0 Å². The van der Waals surface area contributed by atoms with E-state index in [9.17, 15) is 9.59 Å². The average molecular weight is 327 g/mol. The maximum atomic E-state index is 12.1. The van der Waals surface area contributed by atoms with Gasteiger partial charge in [-0.1, -0.05) is 12.1 Å². The summed E-state index contributed by atoms with van der Waals surface area (Å²) in [6.07, 6.45) is 0. The van der Waals surface area contributed by atoms with Crippen LogP contribution in [-0.2, 0) is 4.79 Å². The summed E-state index contributed by atoms with van der Waals surface area (Å²) in [6, 6.07) is 10.6. The molecule has 1 N–H and O–H groups in total. The number of methoxy groups -OCH3 is 1. The van der Waals surface area contributed by atoms with Gasteiger partial charge in [-0.05, 0) is 50.1 Å². The van der Waals surface area contributed by atoms with Crippen molar-refractivity contribution in [3.63, 3.8) is 0 Å². The molecule has 126 valence electrons. The number of carbonyl (C=O) groups excluding carboxylic acids is 2. The number of hydrogen-bond donors (Lipinski definition) is 1. The lowest BCUT2D eigenvalue weighted by Crippen LogP contribution is -2.21. The Bertz CT molecular complexity index is 768. The monoisotopic (exact) mass is 327 g/mol. The highest BCUT2D eigenvalue weighted by atomic mass is 16.5. The van der Waals surface area contributed by atoms with Crippen molar-refractivity contribution in [2.75, 3.05) is 19.0 Å². The molecule has 0 saturated carbocycles. The van der Waals surface area contributed by atoms with Crippen LogP contribution >= 0.6 is 0 Å². The molecule has 0 saturated heterocycles. The molecule has 0 radical (unpaired) electrons. The number of rotatable bonds is 6. The molecule has 0 aliphatic carbocycles. The Kier molecular flexibility index (Phi) is 5.58. The largest absolute Gasteiger partial charge is 0.497 e. The van der Waals surface area contributed by atoms with Crippen LogP contribution in [0.1, 0.15) is 28.4 Å². The molecule has 1 amide bonds. The first-order valence-electron chi connectivity index (χ1n) is 7.60. The molecule has 0 heterocycles. The Morgan fingerprint density at radius 3 is 2.54 bits per heavy atom. The standard InChI is InChI=1S/C19H21NO4/c1-12-6-5-7-17(13(12)2)20-19(22)11-24-18-10-15(23-4)8-9-16(18)14(3)21/h5-10H,11H2,1-4H3,(H,20,22). The second-order valence-electron chi connectivity index (χ2n) is 5.50. The number of anilines is 1. The number of ether oxygens (including phenoxy) is 2. The maximum absolute atomic E-state index is 12.1. The van der Waals surface area contributed by atoms with Crippen molar-refractivity contribution >= 4 is 17.4 Å². The van der Waals surface area contributed by atoms with E-state index in [4.69, 9.17) is 9.47 Å². The summed E-state index contributed by atoms with van der Waals surface area (Å²) in [5, 5.41) is 2.82. The van der Waals surface area contributed by atoms with Gasteiger partial charge in [0, 0.05) is 11.8 Å². The Morgan fingerprint density at radius 1 is 1.12 bits per heavy atom. The maximum Gasteiger partial charge on any atom is 0.262 e. The number of benzene rings is 2. The van der Waals surface area contributed by atoms with Gasteiger partial charge in [0.15, 0.2) is 12.4 Å². The van der Waals surface area contributed by atoms with E-state index in [0.717, 1.165) is 16.8 Å². The predicted octanol–water partition coefficient (Wildman–Crippen LogP) is 3.53. The van der Waals surface area contributed by atoms with Gasteiger partial charge in [-0.2, -0.15) is 0 Å². The van der Waals surface area contributed by atoms with Crippen LogP contribution < -0.4 is 14.8 Å². The van der Waals surface area contributed by atoms with Crippen molar-refractivity contribution in [3.8, 4) is 11.5 Å². The summed E-state index contributed by atoms with van der Waals surface area (Å²) in [5.41, 5.74) is 3.27. The Hall–Kier alpha value is -2.82. The minimum atomic E-state index is -0.291. The zero-order valence-corrected chi connectivity index (χ0v) is 14.3. The molecule has 0 fully saturated rings. The fourth-order valence-corrected chi connectivity index (χ4v) is 2.26. The van der Waals surface area contributed by atoms with Crippen LogP contribution in [0.2, 0.25) is 0 Å². The summed E-state index contributed by atoms with van der Waals surface area (Å²) in [6.45, 7) is 5.18. The highest BCUT2D eigenvalue weighted by Gasteiger charge is 2.12. The zero-order valence-electron chi connectivity index (χ0n) is 14.3. The van der Waals surface area contributed by atoms with Gasteiger partial charge in [-0.15, -0.1) is 0 Å². The number of hydrogen-bond acceptors (Lipinski definition) is 4. The van der Waals surface area contributed by atoms with Crippen molar-refractivity contribution in [3.05, 3.63) is 53.1 Å². The fraction of sp³-hybridized carbons (Fsp3) is 0.263. The van der Waals surface area contributed by atoms with Gasteiger partial charge < -0.3 is 14.8 Å². The third kappa shape index (κ3) is 4.13. The van der Waals surface area contributed by atoms with E-state index in [2.05, 4.69) is 5.32 Å². The molecule has 0 bridgehead atoms. The van der Waals surface area contributed by atoms with Crippen molar-refractivity contribution in [1.29, 1.82) is 0 Å². The number of amides is 1. The lowest BCUT2D eigenvalue weighted by molar-refractivity contribution is -0.118. The lowest BCUT2D eigenvalue weighted by Gasteiger charge is -2.13.